The molecule has 0 aliphatic rings. The van der Waals surface area contributed by atoms with E-state index in [1.54, 1.807) is 14.0 Å². The van der Waals surface area contributed by atoms with E-state index in [2.05, 4.69) is 5.10 Å². The minimum atomic E-state index is -1.12. The number of carboxylic acid groups (broad SMARTS) is 1. The maximum Gasteiger partial charge on any atom is 0.410 e. The molecule has 0 fully saturated rings. The molecule has 0 radical (unpaired) electrons. The molecule has 1 aromatic heterocycles. The van der Waals surface area contributed by atoms with Gasteiger partial charge in [-0.25, -0.2) is 14.3 Å². The molecule has 0 unspecified atom stereocenters. The zero-order valence-corrected chi connectivity index (χ0v) is 14.5. The van der Waals surface area contributed by atoms with Crippen molar-refractivity contribution in [2.75, 3.05) is 13.1 Å². The quantitative estimate of drug-likeness (QED) is 0.860. The molecule has 0 bridgehead atoms. The van der Waals surface area contributed by atoms with Crippen LogP contribution in [0.2, 0.25) is 0 Å². The highest BCUT2D eigenvalue weighted by Crippen LogP contribution is 2.15. The van der Waals surface area contributed by atoms with Gasteiger partial charge in [-0.05, 0) is 34.6 Å². The predicted octanol–water partition coefficient (Wildman–Crippen LogP) is 2.14. The standard InChI is InChI=1S/C15H25N3O5/c1-7-18(14(21)23-15(3,4)5)9-10(2)22-12-8-11(13(19)20)16-17(12)6/h8,10H,7,9H2,1-6H3,(H,19,20)/t10-/m0/s1. The largest absolute Gasteiger partial charge is 0.476 e. The third-order valence-electron chi connectivity index (χ3n) is 2.89. The van der Waals surface area contributed by atoms with Gasteiger partial charge in [-0.1, -0.05) is 0 Å². The second-order valence-corrected chi connectivity index (χ2v) is 6.24. The molecule has 0 aromatic carbocycles. The van der Waals surface area contributed by atoms with Crippen LogP contribution in [0.5, 0.6) is 5.88 Å². The van der Waals surface area contributed by atoms with Gasteiger partial charge in [-0.2, -0.15) is 5.10 Å². The normalized spacial score (nSPS) is 12.6. The van der Waals surface area contributed by atoms with E-state index in [1.807, 2.05) is 27.7 Å². The van der Waals surface area contributed by atoms with Crippen molar-refractivity contribution in [3.05, 3.63) is 11.8 Å². The number of amides is 1. The van der Waals surface area contributed by atoms with Crippen LogP contribution in [0.15, 0.2) is 6.07 Å². The van der Waals surface area contributed by atoms with Gasteiger partial charge in [0.25, 0.3) is 0 Å². The van der Waals surface area contributed by atoms with E-state index in [1.165, 1.54) is 15.6 Å². The van der Waals surface area contributed by atoms with Crippen molar-refractivity contribution < 1.29 is 24.2 Å². The van der Waals surface area contributed by atoms with Crippen LogP contribution in [0.25, 0.3) is 0 Å². The molecule has 1 heterocycles. The van der Waals surface area contributed by atoms with E-state index in [0.717, 1.165) is 0 Å². The number of hydrogen-bond donors (Lipinski definition) is 1. The van der Waals surface area contributed by atoms with Gasteiger partial charge in [0.05, 0.1) is 6.54 Å². The summed E-state index contributed by atoms with van der Waals surface area (Å²) in [5.74, 6) is -0.790. The molecule has 0 spiro atoms. The van der Waals surface area contributed by atoms with Crippen LogP contribution in [-0.2, 0) is 11.8 Å². The number of aryl methyl sites for hydroxylation is 1. The molecule has 0 saturated carbocycles. The van der Waals surface area contributed by atoms with E-state index < -0.39 is 17.7 Å². The van der Waals surface area contributed by atoms with Crippen molar-refractivity contribution >= 4 is 12.1 Å². The number of rotatable bonds is 6. The average Bonchev–Trinajstić information content (AvgIpc) is 2.75. The summed E-state index contributed by atoms with van der Waals surface area (Å²) in [4.78, 5) is 24.5. The second kappa shape index (κ2) is 7.34. The number of aromatic carboxylic acids is 1. The average molecular weight is 327 g/mol. The van der Waals surface area contributed by atoms with Gasteiger partial charge in [0, 0.05) is 19.7 Å². The van der Waals surface area contributed by atoms with Gasteiger partial charge in [0.2, 0.25) is 5.88 Å². The van der Waals surface area contributed by atoms with E-state index in [-0.39, 0.29) is 11.8 Å². The highest BCUT2D eigenvalue weighted by molar-refractivity contribution is 5.85. The molecule has 8 nitrogen and oxygen atoms in total. The summed E-state index contributed by atoms with van der Waals surface area (Å²) in [6, 6.07) is 1.35. The van der Waals surface area contributed by atoms with E-state index in [0.29, 0.717) is 19.0 Å². The fraction of sp³-hybridized carbons (Fsp3) is 0.667. The van der Waals surface area contributed by atoms with Crippen molar-refractivity contribution in [1.82, 2.24) is 14.7 Å². The minimum absolute atomic E-state index is 0.0887. The van der Waals surface area contributed by atoms with Crippen LogP contribution in [0.3, 0.4) is 0 Å². The first kappa shape index (κ1) is 18.8. The molecular weight excluding hydrogens is 302 g/mol. The number of carbonyl (C=O) groups excluding carboxylic acids is 1. The lowest BCUT2D eigenvalue weighted by Crippen LogP contribution is -2.41. The Morgan fingerprint density at radius 2 is 2.04 bits per heavy atom. The molecule has 8 heteroatoms. The summed E-state index contributed by atoms with van der Waals surface area (Å²) in [6.07, 6.45) is -0.758. The van der Waals surface area contributed by atoms with Crippen molar-refractivity contribution in [3.63, 3.8) is 0 Å². The van der Waals surface area contributed by atoms with Crippen LogP contribution in [0.1, 0.15) is 45.1 Å². The Labute approximate surface area is 136 Å². The van der Waals surface area contributed by atoms with Gasteiger partial charge >= 0.3 is 12.1 Å². The van der Waals surface area contributed by atoms with Gasteiger partial charge in [0.1, 0.15) is 11.7 Å². The highest BCUT2D eigenvalue weighted by Gasteiger charge is 2.23. The zero-order chi connectivity index (χ0) is 17.8. The number of aromatic nitrogens is 2. The molecule has 1 aromatic rings. The topological polar surface area (TPSA) is 93.9 Å². The molecule has 1 atom stereocenters. The first-order valence-corrected chi connectivity index (χ1v) is 7.45. The molecule has 1 rings (SSSR count). The van der Waals surface area contributed by atoms with E-state index >= 15 is 0 Å². The smallest absolute Gasteiger partial charge is 0.410 e. The first-order chi connectivity index (χ1) is 10.5. The van der Waals surface area contributed by atoms with Crippen molar-refractivity contribution in [2.24, 2.45) is 7.05 Å². The van der Waals surface area contributed by atoms with Gasteiger partial charge in [-0.3, -0.25) is 0 Å². The van der Waals surface area contributed by atoms with Crippen molar-refractivity contribution in [1.29, 1.82) is 0 Å². The Kier molecular flexibility index (Phi) is 6.00. The summed E-state index contributed by atoms with van der Waals surface area (Å²) < 4.78 is 12.4. The molecular formula is C15H25N3O5. The Hall–Kier alpha value is -2.25. The number of ether oxygens (including phenoxy) is 2. The van der Waals surface area contributed by atoms with Crippen LogP contribution in [-0.4, -0.2) is 56.6 Å². The fourth-order valence-corrected chi connectivity index (χ4v) is 1.88. The molecule has 0 aliphatic carbocycles. The third kappa shape index (κ3) is 5.80. The Morgan fingerprint density at radius 3 is 2.48 bits per heavy atom. The monoisotopic (exact) mass is 327 g/mol. The lowest BCUT2D eigenvalue weighted by molar-refractivity contribution is 0.0187. The summed E-state index contributed by atoms with van der Waals surface area (Å²) in [5, 5.41) is 12.8. The summed E-state index contributed by atoms with van der Waals surface area (Å²) in [6.45, 7) is 9.86. The summed E-state index contributed by atoms with van der Waals surface area (Å²) in [5.41, 5.74) is -0.651. The Balaban J connectivity index is 2.68. The lowest BCUT2D eigenvalue weighted by Gasteiger charge is -2.28. The molecule has 0 aliphatic heterocycles. The SMILES string of the molecule is CCN(C[C@H](C)Oc1cc(C(=O)O)nn1C)C(=O)OC(C)(C)C. The van der Waals surface area contributed by atoms with E-state index in [4.69, 9.17) is 14.6 Å². The fourth-order valence-electron chi connectivity index (χ4n) is 1.88. The summed E-state index contributed by atoms with van der Waals surface area (Å²) in [7, 11) is 1.60. The molecule has 1 amide bonds. The van der Waals surface area contributed by atoms with Gasteiger partial charge in [-0.15, -0.1) is 0 Å². The molecule has 23 heavy (non-hydrogen) atoms. The van der Waals surface area contributed by atoms with Gasteiger partial charge in [0.15, 0.2) is 5.69 Å². The highest BCUT2D eigenvalue weighted by atomic mass is 16.6. The van der Waals surface area contributed by atoms with Crippen LogP contribution < -0.4 is 4.74 Å². The summed E-state index contributed by atoms with van der Waals surface area (Å²) >= 11 is 0. The number of likely N-dealkylation sites (N-methyl/N-ethyl adjacent to an activating group) is 1. The maximum absolute atomic E-state index is 12.1. The molecule has 1 N–H and O–H groups in total. The van der Waals surface area contributed by atoms with Gasteiger partial charge < -0.3 is 19.5 Å². The first-order valence-electron chi connectivity index (χ1n) is 7.45. The van der Waals surface area contributed by atoms with E-state index in [9.17, 15) is 9.59 Å². The number of carboxylic acids is 1. The number of carbonyl (C=O) groups is 2. The zero-order valence-electron chi connectivity index (χ0n) is 14.5. The Morgan fingerprint density at radius 1 is 1.43 bits per heavy atom. The predicted molar refractivity (Wildman–Crippen MR) is 83.7 cm³/mol. The molecule has 0 saturated heterocycles. The van der Waals surface area contributed by atoms with Crippen LogP contribution in [0.4, 0.5) is 4.79 Å². The maximum atomic E-state index is 12.1. The minimum Gasteiger partial charge on any atom is -0.476 e. The van der Waals surface area contributed by atoms with Crippen LogP contribution in [0, 0.1) is 0 Å². The van der Waals surface area contributed by atoms with Crippen molar-refractivity contribution in [2.45, 2.75) is 46.3 Å². The number of nitrogens with zero attached hydrogens (tertiary/aromatic N) is 3. The van der Waals surface area contributed by atoms with Crippen molar-refractivity contribution in [3.8, 4) is 5.88 Å². The second-order valence-electron chi connectivity index (χ2n) is 6.24. The third-order valence-corrected chi connectivity index (χ3v) is 2.89. The van der Waals surface area contributed by atoms with Crippen LogP contribution >= 0.6 is 0 Å². The molecule has 130 valence electrons. The lowest BCUT2D eigenvalue weighted by atomic mass is 10.2. The Bertz CT molecular complexity index is 562. The number of hydrogen-bond acceptors (Lipinski definition) is 5.